The van der Waals surface area contributed by atoms with Crippen molar-refractivity contribution in [3.05, 3.63) is 29.8 Å². The lowest BCUT2D eigenvalue weighted by atomic mass is 10.0. The van der Waals surface area contributed by atoms with Gasteiger partial charge in [-0.3, -0.25) is 0 Å². The van der Waals surface area contributed by atoms with Crippen molar-refractivity contribution in [2.45, 2.75) is 18.1 Å². The van der Waals surface area contributed by atoms with Gasteiger partial charge in [-0.1, -0.05) is 12.1 Å². The van der Waals surface area contributed by atoms with Crippen molar-refractivity contribution in [2.24, 2.45) is 5.73 Å². The summed E-state index contributed by atoms with van der Waals surface area (Å²) in [6, 6.07) is 1.32. The van der Waals surface area contributed by atoms with E-state index in [9.17, 15) is 22.0 Å². The first-order chi connectivity index (χ1) is 7.16. The second kappa shape index (κ2) is 5.05. The van der Waals surface area contributed by atoms with Gasteiger partial charge in [0.25, 0.3) is 0 Å². The summed E-state index contributed by atoms with van der Waals surface area (Å²) in [5.41, 5.74) is 4.45. The number of nitrogens with two attached hydrogens (primary N) is 1. The Morgan fingerprint density at radius 2 is 1.41 bits per heavy atom. The number of rotatable bonds is 2. The van der Waals surface area contributed by atoms with Gasteiger partial charge in [0.2, 0.25) is 0 Å². The molecule has 1 aromatic carbocycles. The molecular weight excluding hydrogens is 269 g/mol. The summed E-state index contributed by atoms with van der Waals surface area (Å²) in [5, 5.41) is 8.85. The summed E-state index contributed by atoms with van der Waals surface area (Å²) in [6.07, 6.45) is -5.70. The molecule has 3 N–H and O–H groups in total. The number of phenolic OH excluding ortho intramolecular Hbond substituents is 1. The van der Waals surface area contributed by atoms with Gasteiger partial charge >= 0.3 is 12.1 Å². The molecule has 0 fully saturated rings. The Bertz CT molecular complexity index is 365. The van der Waals surface area contributed by atoms with Crippen molar-refractivity contribution >= 4 is 12.4 Å². The van der Waals surface area contributed by atoms with Crippen LogP contribution in [0.1, 0.15) is 11.6 Å². The highest BCUT2D eigenvalue weighted by molar-refractivity contribution is 5.85. The maximum absolute atomic E-state index is 12.8. The molecule has 0 amide bonds. The molecule has 1 rings (SSSR count). The number of alkyl halides is 5. The summed E-state index contributed by atoms with van der Waals surface area (Å²) in [6.45, 7) is 0. The quantitative estimate of drug-likeness (QED) is 0.816. The largest absolute Gasteiger partial charge is 0.508 e. The normalized spacial score (nSPS) is 14.0. The number of phenols is 1. The SMILES string of the molecule is Cl.N[C@H](c1ccc(O)cc1)C(F)(F)C(F)(F)F. The molecule has 0 unspecified atom stereocenters. The van der Waals surface area contributed by atoms with Gasteiger partial charge in [-0.2, -0.15) is 22.0 Å². The zero-order valence-electron chi connectivity index (χ0n) is 8.21. The molecule has 17 heavy (non-hydrogen) atoms. The average molecular weight is 278 g/mol. The third-order valence-electron chi connectivity index (χ3n) is 2.02. The van der Waals surface area contributed by atoms with Crippen LogP contribution >= 0.6 is 12.4 Å². The van der Waals surface area contributed by atoms with Gasteiger partial charge in [0, 0.05) is 0 Å². The topological polar surface area (TPSA) is 46.2 Å². The van der Waals surface area contributed by atoms with Crippen LogP contribution in [-0.4, -0.2) is 17.2 Å². The monoisotopic (exact) mass is 277 g/mol. The Kier molecular flexibility index (Phi) is 4.73. The van der Waals surface area contributed by atoms with E-state index in [-0.39, 0.29) is 18.2 Å². The highest BCUT2D eigenvalue weighted by Crippen LogP contribution is 2.43. The van der Waals surface area contributed by atoms with Gasteiger partial charge in [-0.15, -0.1) is 12.4 Å². The number of halogens is 6. The number of hydrogen-bond donors (Lipinski definition) is 2. The van der Waals surface area contributed by atoms with Gasteiger partial charge in [0.15, 0.2) is 0 Å². The lowest BCUT2D eigenvalue weighted by Gasteiger charge is -2.25. The average Bonchev–Trinajstić information content (AvgIpc) is 2.16. The fourth-order valence-corrected chi connectivity index (χ4v) is 1.07. The Balaban J connectivity index is 0.00000256. The summed E-state index contributed by atoms with van der Waals surface area (Å²) in [7, 11) is 0. The van der Waals surface area contributed by atoms with Gasteiger partial charge in [0.05, 0.1) is 0 Å². The van der Waals surface area contributed by atoms with Crippen molar-refractivity contribution in [1.82, 2.24) is 0 Å². The van der Waals surface area contributed by atoms with Crippen molar-refractivity contribution in [3.63, 3.8) is 0 Å². The molecule has 0 aliphatic carbocycles. The fourth-order valence-electron chi connectivity index (χ4n) is 1.07. The van der Waals surface area contributed by atoms with Crippen molar-refractivity contribution in [2.75, 3.05) is 0 Å². The Morgan fingerprint density at radius 1 is 1.00 bits per heavy atom. The first-order valence-electron chi connectivity index (χ1n) is 4.15. The third kappa shape index (κ3) is 3.19. The Labute approximate surface area is 99.6 Å². The van der Waals surface area contributed by atoms with Crippen LogP contribution < -0.4 is 5.73 Å². The minimum atomic E-state index is -5.70. The molecule has 8 heteroatoms. The minimum absolute atomic E-state index is 0. The van der Waals surface area contributed by atoms with Gasteiger partial charge < -0.3 is 10.8 Å². The van der Waals surface area contributed by atoms with Crippen molar-refractivity contribution < 1.29 is 27.1 Å². The van der Waals surface area contributed by atoms with Crippen LogP contribution in [0.15, 0.2) is 24.3 Å². The molecule has 2 nitrogen and oxygen atoms in total. The molecule has 0 aromatic heterocycles. The van der Waals surface area contributed by atoms with Crippen LogP contribution in [0.2, 0.25) is 0 Å². The maximum Gasteiger partial charge on any atom is 0.455 e. The zero-order valence-corrected chi connectivity index (χ0v) is 9.03. The molecule has 98 valence electrons. The van der Waals surface area contributed by atoms with Crippen LogP contribution in [0, 0.1) is 0 Å². The van der Waals surface area contributed by atoms with E-state index in [1.54, 1.807) is 0 Å². The molecule has 0 radical (unpaired) electrons. The first-order valence-corrected chi connectivity index (χ1v) is 4.15. The van der Waals surface area contributed by atoms with Gasteiger partial charge in [-0.25, -0.2) is 0 Å². The van der Waals surface area contributed by atoms with E-state index in [1.165, 1.54) is 0 Å². The maximum atomic E-state index is 12.8. The highest BCUT2D eigenvalue weighted by Gasteiger charge is 2.61. The number of benzene rings is 1. The lowest BCUT2D eigenvalue weighted by molar-refractivity contribution is -0.291. The minimum Gasteiger partial charge on any atom is -0.508 e. The lowest BCUT2D eigenvalue weighted by Crippen LogP contribution is -2.45. The molecule has 0 heterocycles. The van der Waals surface area contributed by atoms with Crippen LogP contribution in [0.3, 0.4) is 0 Å². The van der Waals surface area contributed by atoms with E-state index in [2.05, 4.69) is 0 Å². The van der Waals surface area contributed by atoms with E-state index in [0.29, 0.717) is 0 Å². The van der Waals surface area contributed by atoms with Crippen molar-refractivity contribution in [3.8, 4) is 5.75 Å². The van der Waals surface area contributed by atoms with Crippen LogP contribution in [0.5, 0.6) is 5.75 Å². The predicted molar refractivity (Wildman–Crippen MR) is 53.3 cm³/mol. The molecule has 0 saturated carbocycles. The molecule has 0 bridgehead atoms. The predicted octanol–water partition coefficient (Wildman–Crippen LogP) is 3.01. The Morgan fingerprint density at radius 3 is 1.76 bits per heavy atom. The molecule has 0 aliphatic rings. The van der Waals surface area contributed by atoms with E-state index in [0.717, 1.165) is 24.3 Å². The van der Waals surface area contributed by atoms with Crippen LogP contribution in [0.4, 0.5) is 22.0 Å². The van der Waals surface area contributed by atoms with E-state index in [1.807, 2.05) is 0 Å². The van der Waals surface area contributed by atoms with Gasteiger partial charge in [-0.05, 0) is 17.7 Å². The highest BCUT2D eigenvalue weighted by atomic mass is 35.5. The third-order valence-corrected chi connectivity index (χ3v) is 2.02. The van der Waals surface area contributed by atoms with Gasteiger partial charge in [0.1, 0.15) is 11.8 Å². The smallest absolute Gasteiger partial charge is 0.455 e. The zero-order chi connectivity index (χ0) is 12.6. The standard InChI is InChI=1S/C9H8F5NO.ClH/c10-8(11,9(12,13)14)7(15)5-1-3-6(16)4-2-5;/h1-4,7,16H,15H2;1H/t7-;/m1./s1. The van der Waals surface area contributed by atoms with Crippen LogP contribution in [-0.2, 0) is 0 Å². The van der Waals surface area contributed by atoms with E-state index in [4.69, 9.17) is 10.8 Å². The molecule has 1 atom stereocenters. The first kappa shape index (κ1) is 15.9. The molecule has 0 saturated heterocycles. The second-order valence-electron chi connectivity index (χ2n) is 3.19. The van der Waals surface area contributed by atoms with Crippen LogP contribution in [0.25, 0.3) is 0 Å². The number of aromatic hydroxyl groups is 1. The summed E-state index contributed by atoms with van der Waals surface area (Å²) in [4.78, 5) is 0. The molecule has 0 aliphatic heterocycles. The fraction of sp³-hybridized carbons (Fsp3) is 0.333. The second-order valence-corrected chi connectivity index (χ2v) is 3.19. The summed E-state index contributed by atoms with van der Waals surface area (Å²) in [5.74, 6) is -5.25. The van der Waals surface area contributed by atoms with E-state index < -0.39 is 23.7 Å². The molecule has 1 aromatic rings. The number of hydrogen-bond acceptors (Lipinski definition) is 2. The molecule has 0 spiro atoms. The summed E-state index contributed by atoms with van der Waals surface area (Å²) >= 11 is 0. The molecular formula is C9H9ClF5NO. The van der Waals surface area contributed by atoms with E-state index >= 15 is 0 Å². The van der Waals surface area contributed by atoms with Crippen molar-refractivity contribution in [1.29, 1.82) is 0 Å². The Hall–Kier alpha value is -1.08. The summed E-state index contributed by atoms with van der Waals surface area (Å²) < 4.78 is 61.5.